The Bertz CT molecular complexity index is 413. The molecule has 1 aromatic rings. The lowest BCUT2D eigenvalue weighted by molar-refractivity contribution is 0.0871. The van der Waals surface area contributed by atoms with Crippen LogP contribution in [0.3, 0.4) is 0 Å². The summed E-state index contributed by atoms with van der Waals surface area (Å²) in [6.07, 6.45) is 6.88. The molecule has 0 radical (unpaired) electrons. The summed E-state index contributed by atoms with van der Waals surface area (Å²) in [5.74, 6) is 1.68. The van der Waals surface area contributed by atoms with Crippen LogP contribution < -0.4 is 5.73 Å². The smallest absolute Gasteiger partial charge is 0.0110 e. The lowest BCUT2D eigenvalue weighted by atomic mass is 9.75. The molecule has 2 nitrogen and oxygen atoms in total. The summed E-state index contributed by atoms with van der Waals surface area (Å²) in [6, 6.07) is 9.06. The molecule has 0 amide bonds. The van der Waals surface area contributed by atoms with Crippen molar-refractivity contribution < 1.29 is 0 Å². The second-order valence-electron chi connectivity index (χ2n) is 5.55. The third kappa shape index (κ3) is 2.36. The van der Waals surface area contributed by atoms with Crippen molar-refractivity contribution in [3.05, 3.63) is 41.5 Å². The zero-order valence-corrected chi connectivity index (χ0v) is 10.9. The fraction of sp³-hybridized carbons (Fsp3) is 0.500. The van der Waals surface area contributed by atoms with E-state index in [2.05, 4.69) is 35.2 Å². The predicted molar refractivity (Wildman–Crippen MR) is 76.4 cm³/mol. The standard InChI is InChI=1S/C16H22N2/c17-9-1-2-13-3-5-14(6-4-13)16-12-18-10-7-15(16)8-11-18/h1-6,15-16H,7-12,17H2/b2-1+. The molecule has 2 N–H and O–H groups in total. The molecule has 1 atom stereocenters. The minimum Gasteiger partial charge on any atom is -0.327 e. The molecule has 3 aliphatic heterocycles. The Morgan fingerprint density at radius 2 is 1.89 bits per heavy atom. The molecule has 0 saturated carbocycles. The zero-order chi connectivity index (χ0) is 12.4. The van der Waals surface area contributed by atoms with Gasteiger partial charge in [-0.15, -0.1) is 0 Å². The molecule has 3 heterocycles. The Kier molecular flexibility index (Phi) is 3.48. The van der Waals surface area contributed by atoms with Crippen molar-refractivity contribution in [2.24, 2.45) is 11.7 Å². The van der Waals surface area contributed by atoms with E-state index in [-0.39, 0.29) is 0 Å². The van der Waals surface area contributed by atoms with Gasteiger partial charge in [0.15, 0.2) is 0 Å². The number of hydrogen-bond donors (Lipinski definition) is 1. The SMILES string of the molecule is NC/C=C/c1ccc(C2CN3CCC2CC3)cc1. The van der Waals surface area contributed by atoms with Gasteiger partial charge < -0.3 is 10.6 Å². The van der Waals surface area contributed by atoms with E-state index >= 15 is 0 Å². The largest absolute Gasteiger partial charge is 0.327 e. The molecular weight excluding hydrogens is 220 g/mol. The Balaban J connectivity index is 1.74. The van der Waals surface area contributed by atoms with Gasteiger partial charge in [-0.2, -0.15) is 0 Å². The van der Waals surface area contributed by atoms with Crippen LogP contribution >= 0.6 is 0 Å². The first-order valence-corrected chi connectivity index (χ1v) is 7.06. The molecule has 18 heavy (non-hydrogen) atoms. The summed E-state index contributed by atoms with van der Waals surface area (Å²) in [7, 11) is 0. The Hall–Kier alpha value is -1.12. The van der Waals surface area contributed by atoms with Gasteiger partial charge in [-0.05, 0) is 48.9 Å². The minimum absolute atomic E-state index is 0.613. The van der Waals surface area contributed by atoms with Crippen molar-refractivity contribution in [1.82, 2.24) is 4.90 Å². The van der Waals surface area contributed by atoms with E-state index in [1.807, 2.05) is 6.08 Å². The van der Waals surface area contributed by atoms with Gasteiger partial charge in [0, 0.05) is 13.1 Å². The molecule has 1 unspecified atom stereocenters. The molecule has 0 aromatic heterocycles. The van der Waals surface area contributed by atoms with Gasteiger partial charge in [0.05, 0.1) is 0 Å². The number of hydrogen-bond acceptors (Lipinski definition) is 2. The molecular formula is C16H22N2. The molecule has 0 aliphatic carbocycles. The highest BCUT2D eigenvalue weighted by Crippen LogP contribution is 2.38. The zero-order valence-electron chi connectivity index (χ0n) is 10.9. The van der Waals surface area contributed by atoms with Gasteiger partial charge in [-0.25, -0.2) is 0 Å². The van der Waals surface area contributed by atoms with E-state index in [1.54, 1.807) is 0 Å². The van der Waals surface area contributed by atoms with Crippen molar-refractivity contribution >= 4 is 6.08 Å². The van der Waals surface area contributed by atoms with Crippen LogP contribution in [-0.4, -0.2) is 31.1 Å². The van der Waals surface area contributed by atoms with E-state index in [9.17, 15) is 0 Å². The summed E-state index contributed by atoms with van der Waals surface area (Å²) in [5.41, 5.74) is 8.25. The van der Waals surface area contributed by atoms with Crippen molar-refractivity contribution in [3.8, 4) is 0 Å². The van der Waals surface area contributed by atoms with E-state index in [0.29, 0.717) is 6.54 Å². The van der Waals surface area contributed by atoms with E-state index in [0.717, 1.165) is 11.8 Å². The van der Waals surface area contributed by atoms with Crippen LogP contribution in [0, 0.1) is 5.92 Å². The van der Waals surface area contributed by atoms with Crippen molar-refractivity contribution in [2.45, 2.75) is 18.8 Å². The molecule has 0 spiro atoms. The monoisotopic (exact) mass is 242 g/mol. The molecule has 96 valence electrons. The molecule has 4 rings (SSSR count). The van der Waals surface area contributed by atoms with Gasteiger partial charge in [0.1, 0.15) is 0 Å². The number of piperidine rings is 3. The number of nitrogens with zero attached hydrogens (tertiary/aromatic N) is 1. The molecule has 2 heteroatoms. The summed E-state index contributed by atoms with van der Waals surface area (Å²) in [4.78, 5) is 2.62. The third-order valence-corrected chi connectivity index (χ3v) is 4.47. The molecule has 1 aromatic carbocycles. The van der Waals surface area contributed by atoms with Crippen LogP contribution in [0.15, 0.2) is 30.3 Å². The van der Waals surface area contributed by atoms with Gasteiger partial charge in [0.2, 0.25) is 0 Å². The minimum atomic E-state index is 0.613. The maximum Gasteiger partial charge on any atom is 0.0110 e. The average molecular weight is 242 g/mol. The van der Waals surface area contributed by atoms with Gasteiger partial charge in [0.25, 0.3) is 0 Å². The Labute approximate surface area is 109 Å². The molecule has 3 fully saturated rings. The van der Waals surface area contributed by atoms with Crippen LogP contribution in [-0.2, 0) is 0 Å². The summed E-state index contributed by atoms with van der Waals surface area (Å²) >= 11 is 0. The van der Waals surface area contributed by atoms with Crippen LogP contribution in [0.5, 0.6) is 0 Å². The summed E-state index contributed by atoms with van der Waals surface area (Å²) in [5, 5.41) is 0. The van der Waals surface area contributed by atoms with Crippen molar-refractivity contribution in [2.75, 3.05) is 26.2 Å². The van der Waals surface area contributed by atoms with Crippen LogP contribution in [0.2, 0.25) is 0 Å². The first-order chi connectivity index (χ1) is 8.86. The fourth-order valence-electron chi connectivity index (χ4n) is 3.40. The quantitative estimate of drug-likeness (QED) is 0.882. The normalized spacial score (nSPS) is 31.1. The van der Waals surface area contributed by atoms with Crippen molar-refractivity contribution in [1.29, 1.82) is 0 Å². The van der Waals surface area contributed by atoms with Gasteiger partial charge >= 0.3 is 0 Å². The Morgan fingerprint density at radius 1 is 1.17 bits per heavy atom. The summed E-state index contributed by atoms with van der Waals surface area (Å²) in [6.45, 7) is 4.51. The first-order valence-electron chi connectivity index (χ1n) is 7.06. The average Bonchev–Trinajstić information content (AvgIpc) is 2.47. The lowest BCUT2D eigenvalue weighted by Crippen LogP contribution is -2.46. The molecule has 3 aliphatic rings. The number of fused-ring (bicyclic) bond motifs is 3. The van der Waals surface area contributed by atoms with E-state index in [1.165, 1.54) is 43.6 Å². The van der Waals surface area contributed by atoms with Crippen LogP contribution in [0.1, 0.15) is 29.9 Å². The predicted octanol–water partition coefficient (Wildman–Crippen LogP) is 2.47. The highest BCUT2D eigenvalue weighted by Gasteiger charge is 2.34. The number of rotatable bonds is 3. The number of benzene rings is 1. The van der Waals surface area contributed by atoms with Gasteiger partial charge in [-0.1, -0.05) is 36.4 Å². The molecule has 2 bridgehead atoms. The lowest BCUT2D eigenvalue weighted by Gasteiger charge is -2.45. The Morgan fingerprint density at radius 3 is 2.44 bits per heavy atom. The van der Waals surface area contributed by atoms with E-state index < -0.39 is 0 Å². The summed E-state index contributed by atoms with van der Waals surface area (Å²) < 4.78 is 0. The first kappa shape index (κ1) is 11.9. The fourth-order valence-corrected chi connectivity index (χ4v) is 3.40. The van der Waals surface area contributed by atoms with Crippen LogP contribution in [0.25, 0.3) is 6.08 Å². The highest BCUT2D eigenvalue weighted by atomic mass is 15.1. The second-order valence-corrected chi connectivity index (χ2v) is 5.55. The van der Waals surface area contributed by atoms with E-state index in [4.69, 9.17) is 5.73 Å². The third-order valence-electron chi connectivity index (χ3n) is 4.47. The van der Waals surface area contributed by atoms with Crippen LogP contribution in [0.4, 0.5) is 0 Å². The number of nitrogens with two attached hydrogens (primary N) is 1. The maximum atomic E-state index is 5.47. The van der Waals surface area contributed by atoms with Crippen molar-refractivity contribution in [3.63, 3.8) is 0 Å². The topological polar surface area (TPSA) is 29.3 Å². The second kappa shape index (κ2) is 5.25. The molecule has 3 saturated heterocycles. The highest BCUT2D eigenvalue weighted by molar-refractivity contribution is 5.50. The maximum absolute atomic E-state index is 5.47. The van der Waals surface area contributed by atoms with Gasteiger partial charge in [-0.3, -0.25) is 0 Å².